The Labute approximate surface area is 123 Å². The normalized spacial score (nSPS) is 12.9. The summed E-state index contributed by atoms with van der Waals surface area (Å²) >= 11 is 0. The molecule has 1 aromatic rings. The van der Waals surface area contributed by atoms with Crippen LogP contribution in [0.15, 0.2) is 0 Å². The molecule has 0 amide bonds. The van der Waals surface area contributed by atoms with E-state index >= 15 is 0 Å². The van der Waals surface area contributed by atoms with Gasteiger partial charge in [-0.2, -0.15) is 0 Å². The lowest BCUT2D eigenvalue weighted by molar-refractivity contribution is 0.0571. The number of ether oxygens (including phenoxy) is 1. The SMILES string of the molecule is CCNCCCc1c(C)nc(C(OC)C(C)C)nc1C. The molecule has 1 atom stereocenters. The molecule has 1 heterocycles. The summed E-state index contributed by atoms with van der Waals surface area (Å²) < 4.78 is 5.53. The zero-order valence-corrected chi connectivity index (χ0v) is 13.8. The van der Waals surface area contributed by atoms with Gasteiger partial charge in [0.1, 0.15) is 6.10 Å². The molecule has 0 aliphatic carbocycles. The van der Waals surface area contributed by atoms with Gasteiger partial charge in [-0.15, -0.1) is 0 Å². The third-order valence-electron chi connectivity index (χ3n) is 3.58. The molecule has 0 saturated heterocycles. The van der Waals surface area contributed by atoms with Gasteiger partial charge in [-0.1, -0.05) is 20.8 Å². The van der Waals surface area contributed by atoms with Gasteiger partial charge < -0.3 is 10.1 Å². The minimum Gasteiger partial charge on any atom is -0.373 e. The van der Waals surface area contributed by atoms with Gasteiger partial charge in [0.15, 0.2) is 5.82 Å². The van der Waals surface area contributed by atoms with E-state index in [2.05, 4.69) is 49.9 Å². The van der Waals surface area contributed by atoms with Gasteiger partial charge in [-0.25, -0.2) is 9.97 Å². The molecule has 4 nitrogen and oxygen atoms in total. The predicted molar refractivity (Wildman–Crippen MR) is 83.0 cm³/mol. The Kier molecular flexibility index (Phi) is 7.10. The molecule has 4 heteroatoms. The first kappa shape index (κ1) is 17.1. The first-order valence-electron chi connectivity index (χ1n) is 7.58. The highest BCUT2D eigenvalue weighted by Crippen LogP contribution is 2.24. The molecule has 0 aromatic carbocycles. The number of nitrogens with one attached hydrogen (secondary N) is 1. The van der Waals surface area contributed by atoms with Crippen LogP contribution in [-0.4, -0.2) is 30.2 Å². The fourth-order valence-corrected chi connectivity index (χ4v) is 2.50. The van der Waals surface area contributed by atoms with E-state index in [4.69, 9.17) is 4.74 Å². The number of aryl methyl sites for hydroxylation is 2. The summed E-state index contributed by atoms with van der Waals surface area (Å²) in [6, 6.07) is 0. The quantitative estimate of drug-likeness (QED) is 0.743. The molecule has 0 spiro atoms. The molecule has 1 N–H and O–H groups in total. The van der Waals surface area contributed by atoms with E-state index in [0.29, 0.717) is 5.92 Å². The van der Waals surface area contributed by atoms with Crippen molar-refractivity contribution in [2.45, 2.75) is 53.6 Å². The van der Waals surface area contributed by atoms with Gasteiger partial charge in [-0.05, 0) is 51.3 Å². The van der Waals surface area contributed by atoms with Crippen molar-refractivity contribution in [1.82, 2.24) is 15.3 Å². The van der Waals surface area contributed by atoms with Crippen LogP contribution >= 0.6 is 0 Å². The number of nitrogens with zero attached hydrogens (tertiary/aromatic N) is 2. The lowest BCUT2D eigenvalue weighted by atomic mass is 10.0. The van der Waals surface area contributed by atoms with Crippen molar-refractivity contribution < 1.29 is 4.74 Å². The zero-order valence-electron chi connectivity index (χ0n) is 13.8. The average Bonchev–Trinajstić information content (AvgIpc) is 2.37. The number of rotatable bonds is 8. The van der Waals surface area contributed by atoms with Crippen LogP contribution in [-0.2, 0) is 11.2 Å². The van der Waals surface area contributed by atoms with Crippen LogP contribution in [0, 0.1) is 19.8 Å². The van der Waals surface area contributed by atoms with E-state index < -0.39 is 0 Å². The van der Waals surface area contributed by atoms with Gasteiger partial charge in [0, 0.05) is 18.5 Å². The van der Waals surface area contributed by atoms with Crippen molar-refractivity contribution in [3.8, 4) is 0 Å². The van der Waals surface area contributed by atoms with Gasteiger partial charge in [0.25, 0.3) is 0 Å². The Morgan fingerprint density at radius 3 is 2.20 bits per heavy atom. The summed E-state index contributed by atoms with van der Waals surface area (Å²) in [4.78, 5) is 9.34. The van der Waals surface area contributed by atoms with Crippen molar-refractivity contribution in [2.24, 2.45) is 5.92 Å². The van der Waals surface area contributed by atoms with Crippen LogP contribution in [0.3, 0.4) is 0 Å². The molecule has 114 valence electrons. The van der Waals surface area contributed by atoms with Gasteiger partial charge in [0.05, 0.1) is 0 Å². The molecular weight excluding hydrogens is 250 g/mol. The Hall–Kier alpha value is -1.00. The highest BCUT2D eigenvalue weighted by Gasteiger charge is 2.20. The van der Waals surface area contributed by atoms with Crippen LogP contribution in [0.4, 0.5) is 0 Å². The highest BCUT2D eigenvalue weighted by atomic mass is 16.5. The molecule has 1 aromatic heterocycles. The standard InChI is InChI=1S/C16H29N3O/c1-7-17-10-8-9-14-12(4)18-16(19-13(14)5)15(20-6)11(2)3/h11,15,17H,7-10H2,1-6H3. The van der Waals surface area contributed by atoms with Crippen LogP contribution in [0.5, 0.6) is 0 Å². The second-order valence-electron chi connectivity index (χ2n) is 5.59. The van der Waals surface area contributed by atoms with Crippen LogP contribution in [0.1, 0.15) is 56.1 Å². The Bertz CT molecular complexity index is 395. The first-order chi connectivity index (χ1) is 9.51. The van der Waals surface area contributed by atoms with Gasteiger partial charge >= 0.3 is 0 Å². The largest absolute Gasteiger partial charge is 0.373 e. The first-order valence-corrected chi connectivity index (χ1v) is 7.58. The van der Waals surface area contributed by atoms with Crippen LogP contribution < -0.4 is 5.32 Å². The average molecular weight is 279 g/mol. The monoisotopic (exact) mass is 279 g/mol. The Morgan fingerprint density at radius 1 is 1.15 bits per heavy atom. The van der Waals surface area contributed by atoms with E-state index in [9.17, 15) is 0 Å². The maximum atomic E-state index is 5.53. The topological polar surface area (TPSA) is 47.0 Å². The second-order valence-corrected chi connectivity index (χ2v) is 5.59. The van der Waals surface area contributed by atoms with E-state index in [1.165, 1.54) is 5.56 Å². The van der Waals surface area contributed by atoms with Gasteiger partial charge in [0.2, 0.25) is 0 Å². The van der Waals surface area contributed by atoms with E-state index in [1.54, 1.807) is 7.11 Å². The van der Waals surface area contributed by atoms with E-state index in [-0.39, 0.29) is 6.10 Å². The lowest BCUT2D eigenvalue weighted by Crippen LogP contribution is -2.17. The van der Waals surface area contributed by atoms with Crippen molar-refractivity contribution >= 4 is 0 Å². The number of hydrogen-bond donors (Lipinski definition) is 1. The molecule has 0 radical (unpaired) electrons. The number of methoxy groups -OCH3 is 1. The summed E-state index contributed by atoms with van der Waals surface area (Å²) in [6.07, 6.45) is 2.13. The molecule has 1 rings (SSSR count). The highest BCUT2D eigenvalue weighted by molar-refractivity contribution is 5.25. The molecule has 20 heavy (non-hydrogen) atoms. The second kappa shape index (κ2) is 8.32. The van der Waals surface area contributed by atoms with Crippen molar-refractivity contribution in [2.75, 3.05) is 20.2 Å². The molecule has 0 fully saturated rings. The number of hydrogen-bond acceptors (Lipinski definition) is 4. The minimum absolute atomic E-state index is 0.0248. The molecule has 0 aliphatic heterocycles. The zero-order chi connectivity index (χ0) is 15.1. The van der Waals surface area contributed by atoms with Crippen molar-refractivity contribution in [3.63, 3.8) is 0 Å². The summed E-state index contributed by atoms with van der Waals surface area (Å²) in [5.41, 5.74) is 3.46. The smallest absolute Gasteiger partial charge is 0.157 e. The predicted octanol–water partition coefficient (Wildman–Crippen LogP) is 2.98. The number of aromatic nitrogens is 2. The summed E-state index contributed by atoms with van der Waals surface area (Å²) in [7, 11) is 1.73. The van der Waals surface area contributed by atoms with E-state index in [1.807, 2.05) is 0 Å². The summed E-state index contributed by atoms with van der Waals surface area (Å²) in [5, 5.41) is 3.35. The van der Waals surface area contributed by atoms with Crippen molar-refractivity contribution in [3.05, 3.63) is 22.8 Å². The lowest BCUT2D eigenvalue weighted by Gasteiger charge is -2.20. The van der Waals surface area contributed by atoms with E-state index in [0.717, 1.165) is 43.1 Å². The molecule has 0 aliphatic rings. The molecule has 0 bridgehead atoms. The molecule has 0 saturated carbocycles. The molecule has 1 unspecified atom stereocenters. The maximum absolute atomic E-state index is 5.53. The van der Waals surface area contributed by atoms with Crippen molar-refractivity contribution in [1.29, 1.82) is 0 Å². The van der Waals surface area contributed by atoms with Crippen LogP contribution in [0.2, 0.25) is 0 Å². The summed E-state index contributed by atoms with van der Waals surface area (Å²) in [5.74, 6) is 1.19. The third kappa shape index (κ3) is 4.53. The Morgan fingerprint density at radius 2 is 1.75 bits per heavy atom. The summed E-state index contributed by atoms with van der Waals surface area (Å²) in [6.45, 7) is 12.6. The maximum Gasteiger partial charge on any atom is 0.157 e. The molecular formula is C16H29N3O. The Balaban J connectivity index is 2.85. The van der Waals surface area contributed by atoms with Crippen LogP contribution in [0.25, 0.3) is 0 Å². The fraction of sp³-hybridized carbons (Fsp3) is 0.750. The fourth-order valence-electron chi connectivity index (χ4n) is 2.50. The van der Waals surface area contributed by atoms with Gasteiger partial charge in [-0.3, -0.25) is 0 Å². The third-order valence-corrected chi connectivity index (χ3v) is 3.58. The minimum atomic E-state index is -0.0248.